The van der Waals surface area contributed by atoms with Crippen molar-refractivity contribution in [3.63, 3.8) is 0 Å². The molecule has 2 aromatic rings. The number of rotatable bonds is 27. The Kier molecular flexibility index (Phi) is 21.0. The van der Waals surface area contributed by atoms with Gasteiger partial charge >= 0.3 is 17.9 Å². The van der Waals surface area contributed by atoms with Gasteiger partial charge in [-0.15, -0.1) is 0 Å². The van der Waals surface area contributed by atoms with Crippen LogP contribution in [0.4, 0.5) is 0 Å². The molecule has 0 radical (unpaired) electrons. The number of carboxylic acids is 3. The van der Waals surface area contributed by atoms with Crippen molar-refractivity contribution >= 4 is 53.4 Å². The molecule has 0 aliphatic rings. The molecule has 61 heavy (non-hydrogen) atoms. The van der Waals surface area contributed by atoms with Gasteiger partial charge in [-0.05, 0) is 43.2 Å². The lowest BCUT2D eigenvalue weighted by Gasteiger charge is -2.29. The fourth-order valence-electron chi connectivity index (χ4n) is 5.95. The van der Waals surface area contributed by atoms with E-state index in [1.54, 1.807) is 58.0 Å². The van der Waals surface area contributed by atoms with Crippen LogP contribution < -0.4 is 43.4 Å². The largest absolute Gasteiger partial charge is 0.481 e. The Balaban J connectivity index is 2.39. The quantitative estimate of drug-likeness (QED) is 0.0429. The smallest absolute Gasteiger partial charge is 0.326 e. The van der Waals surface area contributed by atoms with Gasteiger partial charge in [0.1, 0.15) is 36.3 Å². The Morgan fingerprint density at radius 2 is 1.11 bits per heavy atom. The number of imidazole rings is 1. The molecule has 7 atom stereocenters. The van der Waals surface area contributed by atoms with Crippen molar-refractivity contribution in [2.24, 2.45) is 23.3 Å². The summed E-state index contributed by atoms with van der Waals surface area (Å²) in [5, 5.41) is 43.3. The zero-order valence-electron chi connectivity index (χ0n) is 34.5. The van der Waals surface area contributed by atoms with Crippen LogP contribution in [-0.4, -0.2) is 127 Å². The second kappa shape index (κ2) is 25.3. The average molecular weight is 859 g/mol. The summed E-state index contributed by atoms with van der Waals surface area (Å²) in [5.74, 6) is -10.9. The van der Waals surface area contributed by atoms with Crippen LogP contribution in [-0.2, 0) is 56.0 Å². The lowest BCUT2D eigenvalue weighted by Crippen LogP contribution is -2.61. The topological polar surface area (TPSA) is 367 Å². The Hall–Kier alpha value is -6.42. The third-order valence-electron chi connectivity index (χ3n) is 9.33. The number of hydrogen-bond acceptors (Lipinski definition) is 12. The monoisotopic (exact) mass is 858 g/mol. The molecular formula is C39H58N10O12. The molecule has 0 spiro atoms. The molecule has 0 aliphatic carbocycles. The highest BCUT2D eigenvalue weighted by atomic mass is 16.4. The number of carbonyl (C=O) groups is 9. The summed E-state index contributed by atoms with van der Waals surface area (Å²) in [6.07, 6.45) is 1.52. The van der Waals surface area contributed by atoms with Gasteiger partial charge < -0.3 is 63.7 Å². The summed E-state index contributed by atoms with van der Waals surface area (Å²) in [6.45, 7) is 6.71. The minimum Gasteiger partial charge on any atom is -0.481 e. The summed E-state index contributed by atoms with van der Waals surface area (Å²) in [4.78, 5) is 123. The molecular weight excluding hydrogens is 800 g/mol. The van der Waals surface area contributed by atoms with Gasteiger partial charge in [-0.2, -0.15) is 0 Å². The molecule has 0 bridgehead atoms. The molecule has 2 rings (SSSR count). The molecule has 14 N–H and O–H groups in total. The molecule has 1 aromatic carbocycles. The number of carbonyl (C=O) groups excluding carboxylic acids is 6. The lowest BCUT2D eigenvalue weighted by molar-refractivity contribution is -0.143. The number of hydrogen-bond donors (Lipinski definition) is 12. The fraction of sp³-hybridized carbons (Fsp3) is 0.538. The van der Waals surface area contributed by atoms with E-state index in [0.29, 0.717) is 30.6 Å². The first-order chi connectivity index (χ1) is 28.7. The minimum absolute atomic E-state index is 0.0364. The van der Waals surface area contributed by atoms with Crippen molar-refractivity contribution < 1.29 is 58.5 Å². The van der Waals surface area contributed by atoms with Gasteiger partial charge in [0.25, 0.3) is 0 Å². The summed E-state index contributed by atoms with van der Waals surface area (Å²) in [6, 6.07) is -1.76. The molecule has 22 nitrogen and oxygen atoms in total. The number of aliphatic carboxylic acids is 3. The van der Waals surface area contributed by atoms with Gasteiger partial charge in [-0.1, -0.05) is 58.0 Å². The number of benzene rings is 1. The van der Waals surface area contributed by atoms with Crippen LogP contribution in [0.2, 0.25) is 0 Å². The zero-order chi connectivity index (χ0) is 45.8. The van der Waals surface area contributed by atoms with E-state index >= 15 is 0 Å². The van der Waals surface area contributed by atoms with E-state index in [9.17, 15) is 53.4 Å². The first-order valence-corrected chi connectivity index (χ1v) is 19.7. The van der Waals surface area contributed by atoms with Crippen LogP contribution in [0.5, 0.6) is 0 Å². The normalized spacial score (nSPS) is 14.6. The van der Waals surface area contributed by atoms with E-state index in [0.717, 1.165) is 0 Å². The van der Waals surface area contributed by atoms with E-state index in [4.69, 9.17) is 16.6 Å². The number of nitrogens with two attached hydrogens (primary N) is 2. The minimum atomic E-state index is -1.82. The molecule has 7 unspecified atom stereocenters. The predicted molar refractivity (Wildman–Crippen MR) is 217 cm³/mol. The van der Waals surface area contributed by atoms with E-state index in [1.165, 1.54) is 12.5 Å². The molecule has 1 aromatic heterocycles. The summed E-state index contributed by atoms with van der Waals surface area (Å²) in [7, 11) is 0. The van der Waals surface area contributed by atoms with Crippen LogP contribution in [0.15, 0.2) is 42.9 Å². The molecule has 0 saturated carbocycles. The van der Waals surface area contributed by atoms with Gasteiger partial charge in [-0.25, -0.2) is 9.78 Å². The molecule has 6 amide bonds. The summed E-state index contributed by atoms with van der Waals surface area (Å²) < 4.78 is 0. The molecule has 0 aliphatic heterocycles. The second-order valence-corrected chi connectivity index (χ2v) is 15.1. The van der Waals surface area contributed by atoms with E-state index < -0.39 is 120 Å². The van der Waals surface area contributed by atoms with Gasteiger partial charge in [-0.3, -0.25) is 38.4 Å². The fourth-order valence-corrected chi connectivity index (χ4v) is 5.95. The number of aromatic nitrogens is 2. The third-order valence-corrected chi connectivity index (χ3v) is 9.33. The Morgan fingerprint density at radius 3 is 1.62 bits per heavy atom. The molecule has 1 heterocycles. The predicted octanol–water partition coefficient (Wildman–Crippen LogP) is -2.09. The van der Waals surface area contributed by atoms with E-state index in [-0.39, 0.29) is 19.3 Å². The van der Waals surface area contributed by atoms with Crippen molar-refractivity contribution in [3.05, 3.63) is 54.1 Å². The van der Waals surface area contributed by atoms with E-state index in [2.05, 4.69) is 41.9 Å². The van der Waals surface area contributed by atoms with Gasteiger partial charge in [0, 0.05) is 24.7 Å². The maximum Gasteiger partial charge on any atom is 0.326 e. The number of aromatic amines is 1. The molecule has 0 saturated heterocycles. The number of nitrogens with zero attached hydrogens (tertiary/aromatic N) is 1. The average Bonchev–Trinajstić information content (AvgIpc) is 3.70. The van der Waals surface area contributed by atoms with Crippen molar-refractivity contribution in [1.29, 1.82) is 0 Å². The van der Waals surface area contributed by atoms with Crippen LogP contribution >= 0.6 is 0 Å². The van der Waals surface area contributed by atoms with Crippen molar-refractivity contribution in [2.45, 2.75) is 115 Å². The molecule has 22 heteroatoms. The number of unbranched alkanes of at least 4 members (excludes halogenated alkanes) is 1. The van der Waals surface area contributed by atoms with E-state index in [1.807, 2.05) is 0 Å². The second-order valence-electron chi connectivity index (χ2n) is 15.1. The van der Waals surface area contributed by atoms with Gasteiger partial charge in [0.05, 0.1) is 25.2 Å². The SMILES string of the molecule is CC(C)C(NC(=O)C(N)CC(=O)O)C(=O)NC(C(=O)NC(Cc1ccccc1)C(=O)NC(CC(=O)O)C(=O)NC(Cc1cnc[nH]1)C(=O)NC(CCCCN)C(=O)O)C(C)C. The number of nitrogens with one attached hydrogen (secondary N) is 7. The van der Waals surface area contributed by atoms with Crippen molar-refractivity contribution in [2.75, 3.05) is 6.54 Å². The van der Waals surface area contributed by atoms with Crippen LogP contribution in [0.25, 0.3) is 0 Å². The zero-order valence-corrected chi connectivity index (χ0v) is 34.5. The highest BCUT2D eigenvalue weighted by Crippen LogP contribution is 2.11. The van der Waals surface area contributed by atoms with Crippen LogP contribution in [0.3, 0.4) is 0 Å². The highest BCUT2D eigenvalue weighted by molar-refractivity contribution is 5.98. The van der Waals surface area contributed by atoms with Crippen LogP contribution in [0.1, 0.15) is 71.1 Å². The molecule has 0 fully saturated rings. The Labute approximate surface area is 352 Å². The lowest BCUT2D eigenvalue weighted by atomic mass is 9.98. The third kappa shape index (κ3) is 17.8. The maximum atomic E-state index is 14.0. The number of H-pyrrole nitrogens is 1. The Bertz CT molecular complexity index is 1810. The standard InChI is InChI=1S/C39H58N10O12/c1-20(2)31(49-38(59)32(21(3)4)48-33(54)24(41)16-29(50)51)37(58)47-26(14-22-10-6-5-7-11-22)34(55)46-28(17-30(52)53)36(57)45-27(15-23-18-42-19-43-23)35(56)44-25(39(60)61)12-8-9-13-40/h5-7,10-11,18-21,24-28,31-32H,8-9,12-17,40-41H2,1-4H3,(H,42,43)(H,44,56)(H,45,57)(H,46,55)(H,47,58)(H,48,54)(H,49,59)(H,50,51)(H,52,53)(H,60,61). The van der Waals surface area contributed by atoms with Crippen LogP contribution in [0, 0.1) is 11.8 Å². The number of carboxylic acid groups (broad SMARTS) is 3. The summed E-state index contributed by atoms with van der Waals surface area (Å²) >= 11 is 0. The Morgan fingerprint density at radius 1 is 0.623 bits per heavy atom. The summed E-state index contributed by atoms with van der Waals surface area (Å²) in [5.41, 5.74) is 12.1. The maximum absolute atomic E-state index is 14.0. The van der Waals surface area contributed by atoms with Gasteiger partial charge in [0.2, 0.25) is 35.4 Å². The van der Waals surface area contributed by atoms with Crippen molar-refractivity contribution in [3.8, 4) is 0 Å². The van der Waals surface area contributed by atoms with Gasteiger partial charge in [0.15, 0.2) is 0 Å². The first kappa shape index (κ1) is 50.7. The molecule has 336 valence electrons. The highest BCUT2D eigenvalue weighted by Gasteiger charge is 2.36. The first-order valence-electron chi connectivity index (χ1n) is 19.7. The number of amides is 6. The van der Waals surface area contributed by atoms with Crippen molar-refractivity contribution in [1.82, 2.24) is 41.9 Å².